The number of H-pyrrole nitrogens is 1. The van der Waals surface area contributed by atoms with Crippen LogP contribution in [0.25, 0.3) is 44.1 Å². The summed E-state index contributed by atoms with van der Waals surface area (Å²) in [6.45, 7) is 7.24. The van der Waals surface area contributed by atoms with E-state index in [-0.39, 0.29) is 30.6 Å². The summed E-state index contributed by atoms with van der Waals surface area (Å²) in [5.74, 6) is -0.277. The van der Waals surface area contributed by atoms with Gasteiger partial charge in [-0.2, -0.15) is 5.10 Å². The lowest BCUT2D eigenvalue weighted by Crippen LogP contribution is -1.91. The lowest BCUT2D eigenvalue weighted by Gasteiger charge is -2.07. The molecule has 31 heavy (non-hydrogen) atoms. The van der Waals surface area contributed by atoms with E-state index in [4.69, 9.17) is 6.57 Å². The van der Waals surface area contributed by atoms with E-state index >= 15 is 0 Å². The van der Waals surface area contributed by atoms with Gasteiger partial charge in [0, 0.05) is 22.9 Å². The van der Waals surface area contributed by atoms with E-state index in [9.17, 15) is 4.39 Å². The van der Waals surface area contributed by atoms with E-state index in [1.165, 1.54) is 12.1 Å². The lowest BCUT2D eigenvalue weighted by atomic mass is 10.0. The molecule has 0 saturated heterocycles. The zero-order valence-electron chi connectivity index (χ0n) is 16.0. The van der Waals surface area contributed by atoms with E-state index in [1.807, 2.05) is 40.9 Å². The molecule has 3 heterocycles. The monoisotopic (exact) mass is 451 g/mol. The molecule has 5 nitrogen and oxygen atoms in total. The minimum Gasteiger partial charge on any atom is -0.299 e. The van der Waals surface area contributed by atoms with E-state index in [2.05, 4.69) is 20.0 Å². The van der Waals surface area contributed by atoms with Gasteiger partial charge in [-0.05, 0) is 48.0 Å². The Bertz CT molecular complexity index is 1380. The second kappa shape index (κ2) is 9.00. The van der Waals surface area contributed by atoms with Gasteiger partial charge in [0.2, 0.25) is 0 Å². The highest BCUT2D eigenvalue weighted by Gasteiger charge is 2.13. The lowest BCUT2D eigenvalue weighted by molar-refractivity contribution is 0.628. The van der Waals surface area contributed by atoms with Crippen LogP contribution in [0.4, 0.5) is 10.1 Å². The SMILES string of the molecule is Cl.Cl.[C-]#[N+]c1cccc(-c2cnc3ccc(-c4cn[nH]c4-c4ccc(F)cc4)cn23)c1. The molecule has 0 bridgehead atoms. The van der Waals surface area contributed by atoms with Crippen molar-refractivity contribution in [2.75, 3.05) is 0 Å². The van der Waals surface area contributed by atoms with Gasteiger partial charge in [0.25, 0.3) is 0 Å². The number of hydrogen-bond acceptors (Lipinski definition) is 2. The number of nitrogens with zero attached hydrogens (tertiary/aromatic N) is 4. The zero-order chi connectivity index (χ0) is 19.8. The third-order valence-corrected chi connectivity index (χ3v) is 4.86. The third-order valence-electron chi connectivity index (χ3n) is 4.86. The Balaban J connectivity index is 0.00000136. The first-order chi connectivity index (χ1) is 14.2. The summed E-state index contributed by atoms with van der Waals surface area (Å²) in [7, 11) is 0. The molecule has 5 aromatic rings. The van der Waals surface area contributed by atoms with Gasteiger partial charge in [0.1, 0.15) is 11.5 Å². The van der Waals surface area contributed by atoms with Crippen molar-refractivity contribution in [1.82, 2.24) is 19.6 Å². The summed E-state index contributed by atoms with van der Waals surface area (Å²) in [6.07, 6.45) is 5.56. The number of benzene rings is 2. The fourth-order valence-electron chi connectivity index (χ4n) is 3.43. The highest BCUT2D eigenvalue weighted by Crippen LogP contribution is 2.32. The second-order valence-corrected chi connectivity index (χ2v) is 6.62. The van der Waals surface area contributed by atoms with Crippen LogP contribution in [0.2, 0.25) is 0 Å². The summed E-state index contributed by atoms with van der Waals surface area (Å²) >= 11 is 0. The Kier molecular flexibility index (Phi) is 6.40. The van der Waals surface area contributed by atoms with Crippen LogP contribution in [0.3, 0.4) is 0 Å². The molecule has 8 heteroatoms. The molecule has 0 aliphatic carbocycles. The number of aromatic amines is 1. The molecule has 3 aromatic heterocycles. The molecule has 0 saturated carbocycles. The van der Waals surface area contributed by atoms with Crippen LogP contribution in [-0.4, -0.2) is 19.6 Å². The summed E-state index contributed by atoms with van der Waals surface area (Å²) in [5, 5.41) is 7.20. The maximum Gasteiger partial charge on any atom is 0.187 e. The Hall–Kier alpha value is -3.66. The maximum absolute atomic E-state index is 13.3. The van der Waals surface area contributed by atoms with E-state index < -0.39 is 0 Å². The van der Waals surface area contributed by atoms with E-state index in [1.54, 1.807) is 30.6 Å². The Morgan fingerprint density at radius 3 is 2.45 bits per heavy atom. The Labute approximate surface area is 190 Å². The van der Waals surface area contributed by atoms with Crippen LogP contribution in [0.15, 0.2) is 79.3 Å². The van der Waals surface area contributed by atoms with Crippen molar-refractivity contribution in [3.05, 3.63) is 96.5 Å². The summed E-state index contributed by atoms with van der Waals surface area (Å²) < 4.78 is 15.3. The van der Waals surface area contributed by atoms with Crippen molar-refractivity contribution in [1.29, 1.82) is 0 Å². The van der Waals surface area contributed by atoms with Crippen molar-refractivity contribution >= 4 is 36.1 Å². The highest BCUT2D eigenvalue weighted by molar-refractivity contribution is 5.85. The highest BCUT2D eigenvalue weighted by atomic mass is 35.5. The summed E-state index contributed by atoms with van der Waals surface area (Å²) in [5.41, 5.74) is 6.76. The molecule has 1 N–H and O–H groups in total. The number of hydrogen-bond donors (Lipinski definition) is 1. The molecule has 0 amide bonds. The number of rotatable bonds is 3. The van der Waals surface area contributed by atoms with Crippen molar-refractivity contribution in [3.8, 4) is 33.6 Å². The van der Waals surface area contributed by atoms with Gasteiger partial charge < -0.3 is 0 Å². The van der Waals surface area contributed by atoms with Crippen LogP contribution in [-0.2, 0) is 0 Å². The van der Waals surface area contributed by atoms with Crippen LogP contribution in [0, 0.1) is 12.4 Å². The first kappa shape index (κ1) is 22.0. The number of imidazole rings is 1. The largest absolute Gasteiger partial charge is 0.299 e. The minimum absolute atomic E-state index is 0. The topological polar surface area (TPSA) is 50.3 Å². The second-order valence-electron chi connectivity index (χ2n) is 6.62. The fourth-order valence-corrected chi connectivity index (χ4v) is 3.43. The maximum atomic E-state index is 13.3. The predicted molar refractivity (Wildman–Crippen MR) is 124 cm³/mol. The minimum atomic E-state index is -0.277. The fraction of sp³-hybridized carbons (Fsp3) is 0. The van der Waals surface area contributed by atoms with Crippen molar-refractivity contribution in [2.45, 2.75) is 0 Å². The molecule has 5 rings (SSSR count). The third kappa shape index (κ3) is 4.02. The Morgan fingerprint density at radius 1 is 0.903 bits per heavy atom. The molecule has 2 aromatic carbocycles. The normalized spacial score (nSPS) is 10.2. The summed E-state index contributed by atoms with van der Waals surface area (Å²) in [6, 6.07) is 17.7. The quantitative estimate of drug-likeness (QED) is 0.314. The van der Waals surface area contributed by atoms with Gasteiger partial charge >= 0.3 is 0 Å². The van der Waals surface area contributed by atoms with Crippen LogP contribution < -0.4 is 0 Å². The smallest absolute Gasteiger partial charge is 0.187 e. The van der Waals surface area contributed by atoms with E-state index in [0.29, 0.717) is 5.69 Å². The van der Waals surface area contributed by atoms with Gasteiger partial charge in [-0.15, -0.1) is 24.8 Å². The van der Waals surface area contributed by atoms with Gasteiger partial charge in [-0.25, -0.2) is 14.2 Å². The molecular weight excluding hydrogens is 436 g/mol. The molecule has 0 aliphatic rings. The van der Waals surface area contributed by atoms with Gasteiger partial charge in [-0.1, -0.05) is 18.2 Å². The molecule has 0 atom stereocenters. The molecule has 0 unspecified atom stereocenters. The molecule has 0 fully saturated rings. The number of pyridine rings is 1. The summed E-state index contributed by atoms with van der Waals surface area (Å²) in [4.78, 5) is 8.00. The van der Waals surface area contributed by atoms with Crippen molar-refractivity contribution in [2.24, 2.45) is 0 Å². The zero-order valence-corrected chi connectivity index (χ0v) is 17.6. The first-order valence-corrected chi connectivity index (χ1v) is 8.97. The van der Waals surface area contributed by atoms with E-state index in [0.717, 1.165) is 39.3 Å². The number of halogens is 3. The predicted octanol–water partition coefficient (Wildman–Crippen LogP) is 6.59. The van der Waals surface area contributed by atoms with Crippen molar-refractivity contribution in [3.63, 3.8) is 0 Å². The molecule has 154 valence electrons. The number of nitrogens with one attached hydrogen (secondary N) is 1. The first-order valence-electron chi connectivity index (χ1n) is 8.97. The van der Waals surface area contributed by atoms with Crippen LogP contribution >= 0.6 is 24.8 Å². The average molecular weight is 452 g/mol. The number of aromatic nitrogens is 4. The molecule has 0 aliphatic heterocycles. The van der Waals surface area contributed by atoms with Crippen LogP contribution in [0.5, 0.6) is 0 Å². The number of fused-ring (bicyclic) bond motifs is 1. The van der Waals surface area contributed by atoms with Gasteiger partial charge in [0.05, 0.1) is 30.4 Å². The molecular formula is C23H16Cl2FN5. The standard InChI is InChI=1S/C23H14FN5.2ClH/c1-25-19-4-2-3-16(11-19)21-13-26-22-10-7-17(14-29(21)22)20-12-27-28-23(20)15-5-8-18(24)9-6-15;;/h2-14H,(H,27,28);2*1H. The van der Waals surface area contributed by atoms with Crippen molar-refractivity contribution < 1.29 is 4.39 Å². The van der Waals surface area contributed by atoms with Gasteiger partial charge in [-0.3, -0.25) is 9.50 Å². The van der Waals surface area contributed by atoms with Crippen LogP contribution in [0.1, 0.15) is 0 Å². The average Bonchev–Trinajstić information content (AvgIpc) is 3.41. The van der Waals surface area contributed by atoms with Gasteiger partial charge in [0.15, 0.2) is 5.69 Å². The molecule has 0 radical (unpaired) electrons. The Morgan fingerprint density at radius 2 is 1.68 bits per heavy atom. The molecule has 0 spiro atoms.